The zero-order valence-corrected chi connectivity index (χ0v) is 18.2. The Morgan fingerprint density at radius 1 is 0.885 bits per heavy atom. The van der Waals surface area contributed by atoms with Crippen LogP contribution in [0.1, 0.15) is 111 Å². The minimum absolute atomic E-state index is 0.162. The normalized spacial score (nSPS) is 51.0. The monoisotopic (exact) mass is 359 g/mol. The second kappa shape index (κ2) is 6.78. The average molecular weight is 360 g/mol. The molecule has 0 saturated heterocycles. The minimum atomic E-state index is 0.162. The van der Waals surface area contributed by atoms with Gasteiger partial charge in [0, 0.05) is 5.54 Å². The highest BCUT2D eigenvalue weighted by Gasteiger charge is 2.62. The van der Waals surface area contributed by atoms with Crippen molar-refractivity contribution in [2.75, 3.05) is 0 Å². The molecule has 0 aromatic carbocycles. The van der Waals surface area contributed by atoms with Crippen LogP contribution in [0.15, 0.2) is 0 Å². The van der Waals surface area contributed by atoms with E-state index in [4.69, 9.17) is 5.73 Å². The molecule has 0 spiro atoms. The maximum atomic E-state index is 7.10. The van der Waals surface area contributed by atoms with Gasteiger partial charge in [0.25, 0.3) is 0 Å². The van der Waals surface area contributed by atoms with Gasteiger partial charge in [-0.3, -0.25) is 0 Å². The van der Waals surface area contributed by atoms with Crippen molar-refractivity contribution >= 4 is 0 Å². The number of nitrogens with two attached hydrogens (primary N) is 1. The highest BCUT2D eigenvalue weighted by atomic mass is 14.8. The minimum Gasteiger partial charge on any atom is -0.325 e. The van der Waals surface area contributed by atoms with Crippen molar-refractivity contribution in [3.8, 4) is 0 Å². The molecular weight excluding hydrogens is 314 g/mol. The fourth-order valence-corrected chi connectivity index (χ4v) is 8.69. The van der Waals surface area contributed by atoms with Crippen LogP contribution in [-0.4, -0.2) is 5.54 Å². The zero-order chi connectivity index (χ0) is 18.6. The molecule has 0 amide bonds. The van der Waals surface area contributed by atoms with Gasteiger partial charge in [0.2, 0.25) is 0 Å². The van der Waals surface area contributed by atoms with E-state index in [9.17, 15) is 0 Å². The molecule has 0 aromatic heterocycles. The molecule has 26 heavy (non-hydrogen) atoms. The van der Waals surface area contributed by atoms with E-state index in [1.165, 1.54) is 83.5 Å². The number of rotatable bonds is 4. The van der Waals surface area contributed by atoms with Crippen LogP contribution in [0.5, 0.6) is 0 Å². The van der Waals surface area contributed by atoms with Crippen LogP contribution in [-0.2, 0) is 0 Å². The summed E-state index contributed by atoms with van der Waals surface area (Å²) < 4.78 is 0. The van der Waals surface area contributed by atoms with Crippen LogP contribution in [0.3, 0.4) is 0 Å². The number of hydrogen-bond acceptors (Lipinski definition) is 1. The Bertz CT molecular complexity index is 512. The van der Waals surface area contributed by atoms with E-state index in [2.05, 4.69) is 27.7 Å². The standard InChI is InChI=1S/C25H45N/c1-18(2)8-7-9-19-10-11-21-20-12-17-25(26)15-6-5-14-24(25,4)22(20)13-16-23(19,21)3/h18-22H,5-17,26H2,1-4H3. The van der Waals surface area contributed by atoms with Crippen LogP contribution in [0.4, 0.5) is 0 Å². The molecule has 1 heteroatoms. The Balaban J connectivity index is 1.51. The second-order valence-corrected chi connectivity index (χ2v) is 11.8. The third-order valence-electron chi connectivity index (χ3n) is 10.4. The first kappa shape index (κ1) is 19.3. The first-order valence-electron chi connectivity index (χ1n) is 12.1. The highest BCUT2D eigenvalue weighted by Crippen LogP contribution is 2.68. The fraction of sp³-hybridized carbons (Fsp3) is 1.00. The van der Waals surface area contributed by atoms with Gasteiger partial charge in [-0.15, -0.1) is 0 Å². The van der Waals surface area contributed by atoms with Gasteiger partial charge in [0.1, 0.15) is 0 Å². The molecule has 4 fully saturated rings. The summed E-state index contributed by atoms with van der Waals surface area (Å²) in [5.74, 6) is 4.81. The van der Waals surface area contributed by atoms with Crippen molar-refractivity contribution < 1.29 is 0 Å². The molecule has 7 unspecified atom stereocenters. The molecule has 4 saturated carbocycles. The Labute approximate surface area is 163 Å². The van der Waals surface area contributed by atoms with Crippen molar-refractivity contribution in [3.63, 3.8) is 0 Å². The molecule has 4 rings (SSSR count). The van der Waals surface area contributed by atoms with E-state index in [1.807, 2.05) is 0 Å². The molecule has 7 atom stereocenters. The van der Waals surface area contributed by atoms with Gasteiger partial charge < -0.3 is 5.73 Å². The Kier molecular flexibility index (Phi) is 5.03. The first-order valence-corrected chi connectivity index (χ1v) is 12.1. The van der Waals surface area contributed by atoms with E-state index < -0.39 is 0 Å². The van der Waals surface area contributed by atoms with Crippen LogP contribution >= 0.6 is 0 Å². The molecule has 1 nitrogen and oxygen atoms in total. The lowest BCUT2D eigenvalue weighted by Crippen LogP contribution is -2.65. The van der Waals surface area contributed by atoms with Gasteiger partial charge in [-0.05, 0) is 98.2 Å². The summed E-state index contributed by atoms with van der Waals surface area (Å²) in [7, 11) is 0. The average Bonchev–Trinajstić information content (AvgIpc) is 2.92. The maximum Gasteiger partial charge on any atom is 0.0211 e. The van der Waals surface area contributed by atoms with Crippen molar-refractivity contribution in [2.45, 2.75) is 117 Å². The SMILES string of the molecule is CC(C)CCCC1CCC2C3CCC4(N)CCCCC4(C)C3CCC12C. The largest absolute Gasteiger partial charge is 0.325 e. The van der Waals surface area contributed by atoms with Crippen molar-refractivity contribution in [3.05, 3.63) is 0 Å². The Hall–Kier alpha value is -0.0400. The lowest BCUT2D eigenvalue weighted by molar-refractivity contribution is -0.122. The highest BCUT2D eigenvalue weighted by molar-refractivity contribution is 5.14. The molecule has 0 aliphatic heterocycles. The summed E-state index contributed by atoms with van der Waals surface area (Å²) in [4.78, 5) is 0. The van der Waals surface area contributed by atoms with Gasteiger partial charge >= 0.3 is 0 Å². The lowest BCUT2D eigenvalue weighted by atomic mass is 9.42. The van der Waals surface area contributed by atoms with Gasteiger partial charge in [-0.2, -0.15) is 0 Å². The molecule has 2 N–H and O–H groups in total. The molecule has 4 aliphatic carbocycles. The Morgan fingerprint density at radius 2 is 1.65 bits per heavy atom. The van der Waals surface area contributed by atoms with E-state index in [0.717, 1.165) is 29.6 Å². The third kappa shape index (κ3) is 2.82. The van der Waals surface area contributed by atoms with Gasteiger partial charge in [0.05, 0.1) is 0 Å². The van der Waals surface area contributed by atoms with Crippen LogP contribution < -0.4 is 5.73 Å². The predicted octanol–water partition coefficient (Wildman–Crippen LogP) is 6.94. The number of hydrogen-bond donors (Lipinski definition) is 1. The van der Waals surface area contributed by atoms with E-state index >= 15 is 0 Å². The molecular formula is C25H45N. The zero-order valence-electron chi connectivity index (χ0n) is 18.2. The molecule has 0 heterocycles. The molecule has 0 radical (unpaired) electrons. The summed E-state index contributed by atoms with van der Waals surface area (Å²) >= 11 is 0. The van der Waals surface area contributed by atoms with E-state index in [0.29, 0.717) is 10.8 Å². The van der Waals surface area contributed by atoms with Crippen molar-refractivity contribution in [2.24, 2.45) is 46.2 Å². The molecule has 4 aliphatic rings. The molecule has 0 aromatic rings. The summed E-state index contributed by atoms with van der Waals surface area (Å²) in [6.07, 6.45) is 18.7. The quantitative estimate of drug-likeness (QED) is 0.578. The first-order chi connectivity index (χ1) is 12.3. The van der Waals surface area contributed by atoms with Crippen LogP contribution in [0, 0.1) is 40.4 Å². The third-order valence-corrected chi connectivity index (χ3v) is 10.4. The molecule has 150 valence electrons. The number of fused-ring (bicyclic) bond motifs is 5. The summed E-state index contributed by atoms with van der Waals surface area (Å²) in [5, 5.41) is 0. The fourth-order valence-electron chi connectivity index (χ4n) is 8.69. The smallest absolute Gasteiger partial charge is 0.0211 e. The topological polar surface area (TPSA) is 26.0 Å². The van der Waals surface area contributed by atoms with Gasteiger partial charge in [-0.1, -0.05) is 53.4 Å². The van der Waals surface area contributed by atoms with Crippen LogP contribution in [0.2, 0.25) is 0 Å². The second-order valence-electron chi connectivity index (χ2n) is 11.8. The summed E-state index contributed by atoms with van der Waals surface area (Å²) in [6.45, 7) is 10.1. The predicted molar refractivity (Wildman–Crippen MR) is 112 cm³/mol. The lowest BCUT2D eigenvalue weighted by Gasteiger charge is -2.64. The summed E-state index contributed by atoms with van der Waals surface area (Å²) in [5.41, 5.74) is 8.35. The van der Waals surface area contributed by atoms with E-state index in [1.54, 1.807) is 0 Å². The Morgan fingerprint density at radius 3 is 2.42 bits per heavy atom. The van der Waals surface area contributed by atoms with Gasteiger partial charge in [-0.25, -0.2) is 0 Å². The van der Waals surface area contributed by atoms with Crippen molar-refractivity contribution in [1.82, 2.24) is 0 Å². The summed E-state index contributed by atoms with van der Waals surface area (Å²) in [6, 6.07) is 0. The maximum absolute atomic E-state index is 7.10. The van der Waals surface area contributed by atoms with Gasteiger partial charge in [0.15, 0.2) is 0 Å². The van der Waals surface area contributed by atoms with Crippen LogP contribution in [0.25, 0.3) is 0 Å². The van der Waals surface area contributed by atoms with Crippen molar-refractivity contribution in [1.29, 1.82) is 0 Å². The molecule has 0 bridgehead atoms. The van der Waals surface area contributed by atoms with E-state index in [-0.39, 0.29) is 5.54 Å².